The highest BCUT2D eigenvalue weighted by atomic mass is 35.5. The minimum absolute atomic E-state index is 0.126. The minimum atomic E-state index is -0.302. The Hall–Kier alpha value is -3.45. The summed E-state index contributed by atoms with van der Waals surface area (Å²) >= 11 is 5.84. The molecule has 1 amide bonds. The molecule has 2 aromatic carbocycles. The van der Waals surface area contributed by atoms with E-state index in [0.29, 0.717) is 16.6 Å². The average Bonchev–Trinajstić information content (AvgIpc) is 3.36. The first-order chi connectivity index (χ1) is 14.6. The van der Waals surface area contributed by atoms with E-state index in [0.717, 1.165) is 34.6 Å². The normalized spacial score (nSPS) is 10.9. The van der Waals surface area contributed by atoms with Crippen molar-refractivity contribution in [1.29, 1.82) is 0 Å². The second kappa shape index (κ2) is 8.51. The molecule has 4 aromatic rings. The molecule has 0 aliphatic rings. The minimum Gasteiger partial charge on any atom is -0.497 e. The molecule has 0 aliphatic carbocycles. The molecule has 30 heavy (non-hydrogen) atoms. The Morgan fingerprint density at radius 1 is 1.13 bits per heavy atom. The van der Waals surface area contributed by atoms with Crippen LogP contribution >= 0.6 is 11.6 Å². The maximum atomic E-state index is 12.2. The Morgan fingerprint density at radius 3 is 2.63 bits per heavy atom. The quantitative estimate of drug-likeness (QED) is 0.449. The smallest absolute Gasteiger partial charge is 0.263 e. The zero-order chi connectivity index (χ0) is 21.1. The molecular weight excluding hydrogens is 404 g/mol. The second-order valence-corrected chi connectivity index (χ2v) is 7.09. The molecule has 0 fully saturated rings. The van der Waals surface area contributed by atoms with Gasteiger partial charge < -0.3 is 19.4 Å². The van der Waals surface area contributed by atoms with Crippen molar-refractivity contribution < 1.29 is 14.3 Å². The van der Waals surface area contributed by atoms with E-state index in [9.17, 15) is 4.79 Å². The van der Waals surface area contributed by atoms with Crippen LogP contribution in [0.5, 0.6) is 11.5 Å². The van der Waals surface area contributed by atoms with E-state index in [1.807, 2.05) is 18.2 Å². The van der Waals surface area contributed by atoms with E-state index >= 15 is 0 Å². The molecule has 2 heterocycles. The van der Waals surface area contributed by atoms with Crippen LogP contribution in [0.4, 0.5) is 5.82 Å². The zero-order valence-electron chi connectivity index (χ0n) is 16.6. The number of fused-ring (bicyclic) bond motifs is 1. The number of carbonyl (C=O) groups is 1. The number of ether oxygens (including phenoxy) is 2. The number of methoxy groups -OCH3 is 1. The number of nitrogens with one attached hydrogen (secondary N) is 2. The molecule has 2 N–H and O–H groups in total. The first-order valence-electron chi connectivity index (χ1n) is 9.48. The molecule has 0 spiro atoms. The molecule has 0 bridgehead atoms. The van der Waals surface area contributed by atoms with Crippen molar-refractivity contribution in [1.82, 2.24) is 14.8 Å². The Balaban J connectivity index is 1.48. The topological polar surface area (TPSA) is 81.2 Å². The number of hydrogen-bond acceptors (Lipinski definition) is 4. The van der Waals surface area contributed by atoms with Crippen LogP contribution in [0.15, 0.2) is 54.6 Å². The summed E-state index contributed by atoms with van der Waals surface area (Å²) in [5, 5.41) is 11.6. The third-order valence-electron chi connectivity index (χ3n) is 4.73. The number of hydrogen-bond donors (Lipinski definition) is 2. The largest absolute Gasteiger partial charge is 0.497 e. The average molecular weight is 425 g/mol. The number of nitrogens with zero attached hydrogens (tertiary/aromatic N) is 2. The molecule has 154 valence electrons. The molecule has 4 rings (SSSR count). The van der Waals surface area contributed by atoms with Gasteiger partial charge in [-0.25, -0.2) is 0 Å². The van der Waals surface area contributed by atoms with Crippen LogP contribution in [0.2, 0.25) is 5.02 Å². The number of anilines is 1. The maximum Gasteiger partial charge on any atom is 0.263 e. The van der Waals surface area contributed by atoms with Gasteiger partial charge >= 0.3 is 0 Å². The van der Waals surface area contributed by atoms with Crippen molar-refractivity contribution in [3.63, 3.8) is 0 Å². The molecule has 0 aliphatic heterocycles. The van der Waals surface area contributed by atoms with Gasteiger partial charge in [-0.05, 0) is 55.5 Å². The van der Waals surface area contributed by atoms with Gasteiger partial charge in [0, 0.05) is 28.5 Å². The number of rotatable bonds is 7. The van der Waals surface area contributed by atoms with E-state index in [1.165, 1.54) is 0 Å². The summed E-state index contributed by atoms with van der Waals surface area (Å²) in [5.74, 6) is 1.50. The van der Waals surface area contributed by atoms with Gasteiger partial charge in [0.2, 0.25) is 0 Å². The number of amides is 1. The lowest BCUT2D eigenvalue weighted by Gasteiger charge is -2.06. The predicted octanol–water partition coefficient (Wildman–Crippen LogP) is 4.73. The van der Waals surface area contributed by atoms with Crippen molar-refractivity contribution in [3.05, 3.63) is 59.6 Å². The van der Waals surface area contributed by atoms with Crippen LogP contribution in [0.25, 0.3) is 22.3 Å². The third kappa shape index (κ3) is 4.11. The van der Waals surface area contributed by atoms with Gasteiger partial charge in [-0.2, -0.15) is 5.10 Å². The predicted molar refractivity (Wildman–Crippen MR) is 117 cm³/mol. The first kappa shape index (κ1) is 19.8. The van der Waals surface area contributed by atoms with Crippen molar-refractivity contribution in [3.8, 4) is 22.9 Å². The van der Waals surface area contributed by atoms with Crippen LogP contribution in [-0.4, -0.2) is 34.4 Å². The molecule has 0 unspecified atom stereocenters. The van der Waals surface area contributed by atoms with Crippen molar-refractivity contribution in [2.24, 2.45) is 0 Å². The highest BCUT2D eigenvalue weighted by Gasteiger charge is 2.14. The molecule has 8 heteroatoms. The fourth-order valence-electron chi connectivity index (χ4n) is 3.32. The van der Waals surface area contributed by atoms with Crippen LogP contribution in [0, 0.1) is 0 Å². The van der Waals surface area contributed by atoms with E-state index in [-0.39, 0.29) is 12.5 Å². The second-order valence-electron chi connectivity index (χ2n) is 6.66. The van der Waals surface area contributed by atoms with E-state index in [4.69, 9.17) is 21.1 Å². The molecule has 0 saturated heterocycles. The van der Waals surface area contributed by atoms with Crippen molar-refractivity contribution in [2.45, 2.75) is 13.5 Å². The lowest BCUT2D eigenvalue weighted by molar-refractivity contribution is -0.118. The molecule has 0 saturated carbocycles. The van der Waals surface area contributed by atoms with Crippen LogP contribution in [0.1, 0.15) is 6.92 Å². The van der Waals surface area contributed by atoms with Gasteiger partial charge in [-0.1, -0.05) is 11.6 Å². The molecular formula is C22H21ClN4O3. The number of aromatic amines is 1. The number of aryl methyl sites for hydroxylation is 1. The highest BCUT2D eigenvalue weighted by Crippen LogP contribution is 2.30. The van der Waals surface area contributed by atoms with Gasteiger partial charge in [-0.3, -0.25) is 9.89 Å². The van der Waals surface area contributed by atoms with Gasteiger partial charge in [-0.15, -0.1) is 0 Å². The highest BCUT2D eigenvalue weighted by molar-refractivity contribution is 6.30. The maximum absolute atomic E-state index is 12.2. The number of carbonyl (C=O) groups excluding carboxylic acids is 1. The summed E-state index contributed by atoms with van der Waals surface area (Å²) < 4.78 is 13.0. The molecule has 0 radical (unpaired) electrons. The summed E-state index contributed by atoms with van der Waals surface area (Å²) in [6, 6.07) is 16.7. The summed E-state index contributed by atoms with van der Waals surface area (Å²) in [6.45, 7) is 2.75. The Kier molecular flexibility index (Phi) is 5.63. The number of halogens is 1. The number of aromatic nitrogens is 3. The van der Waals surface area contributed by atoms with Crippen LogP contribution in [-0.2, 0) is 11.3 Å². The third-order valence-corrected chi connectivity index (χ3v) is 4.98. The summed E-state index contributed by atoms with van der Waals surface area (Å²) in [7, 11) is 1.65. The van der Waals surface area contributed by atoms with Crippen LogP contribution in [0.3, 0.4) is 0 Å². The molecule has 7 nitrogen and oxygen atoms in total. The van der Waals surface area contributed by atoms with Gasteiger partial charge in [0.15, 0.2) is 12.4 Å². The first-order valence-corrected chi connectivity index (χ1v) is 9.86. The monoisotopic (exact) mass is 424 g/mol. The Labute approximate surface area is 178 Å². The number of benzene rings is 2. The van der Waals surface area contributed by atoms with Gasteiger partial charge in [0.05, 0.1) is 18.5 Å². The zero-order valence-corrected chi connectivity index (χ0v) is 17.4. The molecule has 0 atom stereocenters. The van der Waals surface area contributed by atoms with E-state index < -0.39 is 0 Å². The van der Waals surface area contributed by atoms with Gasteiger partial charge in [0.1, 0.15) is 11.5 Å². The Morgan fingerprint density at radius 2 is 1.90 bits per heavy atom. The van der Waals surface area contributed by atoms with Gasteiger partial charge in [0.25, 0.3) is 5.91 Å². The fraction of sp³-hybridized carbons (Fsp3) is 0.182. The van der Waals surface area contributed by atoms with Crippen LogP contribution < -0.4 is 14.8 Å². The Bertz CT molecular complexity index is 1180. The lowest BCUT2D eigenvalue weighted by atomic mass is 10.2. The summed E-state index contributed by atoms with van der Waals surface area (Å²) in [6.07, 6.45) is 0. The lowest BCUT2D eigenvalue weighted by Crippen LogP contribution is -2.20. The fourth-order valence-corrected chi connectivity index (χ4v) is 3.44. The summed E-state index contributed by atoms with van der Waals surface area (Å²) in [4.78, 5) is 12.2. The summed E-state index contributed by atoms with van der Waals surface area (Å²) in [5.41, 5.74) is 2.89. The van der Waals surface area contributed by atoms with Crippen molar-refractivity contribution >= 4 is 34.2 Å². The number of H-pyrrole nitrogens is 1. The van der Waals surface area contributed by atoms with E-state index in [1.54, 1.807) is 37.4 Å². The van der Waals surface area contributed by atoms with E-state index in [2.05, 4.69) is 33.1 Å². The van der Waals surface area contributed by atoms with Crippen molar-refractivity contribution in [2.75, 3.05) is 19.0 Å². The molecule has 2 aromatic heterocycles. The SMILES string of the molecule is CCn1c(-c2cc(NC(=O)COc3ccc(Cl)cc3)n[nH]2)cc2cc(OC)ccc21. The standard InChI is InChI=1S/C22H21ClN4O3/c1-3-27-19-9-8-17(29-2)10-14(19)11-20(27)18-12-21(26-25-18)24-22(28)13-30-16-6-4-15(23)5-7-16/h4-12H,3,13H2,1-2H3,(H2,24,25,26,28).